The molecule has 0 unspecified atom stereocenters. The quantitative estimate of drug-likeness (QED) is 0.303. The lowest BCUT2D eigenvalue weighted by molar-refractivity contribution is -0.107. The lowest BCUT2D eigenvalue weighted by Gasteiger charge is -2.02. The minimum Gasteiger partial charge on any atom is -0.303 e. The van der Waals surface area contributed by atoms with Gasteiger partial charge in [-0.05, 0) is 0 Å². The van der Waals surface area contributed by atoms with Gasteiger partial charge in [0, 0.05) is 18.1 Å². The van der Waals surface area contributed by atoms with E-state index < -0.39 is 35.3 Å². The van der Waals surface area contributed by atoms with Crippen LogP contribution in [0.4, 0.5) is 17.6 Å². The van der Waals surface area contributed by atoms with E-state index >= 15 is 0 Å². The molecule has 0 bridgehead atoms. The predicted octanol–water partition coefficient (Wildman–Crippen LogP) is 1.98. The second kappa shape index (κ2) is 3.55. The molecule has 1 rings (SSSR count). The van der Waals surface area contributed by atoms with E-state index in [9.17, 15) is 22.4 Å². The maximum atomic E-state index is 12.7. The number of benzene rings is 1. The Morgan fingerprint density at radius 2 is 1.69 bits per heavy atom. The molecule has 0 saturated carbocycles. The van der Waals surface area contributed by atoms with Crippen LogP contribution in [0.2, 0.25) is 0 Å². The van der Waals surface area contributed by atoms with Crippen molar-refractivity contribution in [3.63, 3.8) is 0 Å². The Morgan fingerprint density at radius 3 is 2.23 bits per heavy atom. The summed E-state index contributed by atoms with van der Waals surface area (Å²) < 4.78 is 50.1. The molecular formula is C8H4F4O. The van der Waals surface area contributed by atoms with Gasteiger partial charge in [0.25, 0.3) is 0 Å². The second-order valence-electron chi connectivity index (χ2n) is 2.32. The van der Waals surface area contributed by atoms with Crippen LogP contribution in [-0.2, 0) is 11.2 Å². The van der Waals surface area contributed by atoms with E-state index in [0.29, 0.717) is 0 Å². The average Bonchev–Trinajstić information content (AvgIpc) is 2.09. The van der Waals surface area contributed by atoms with Crippen molar-refractivity contribution in [2.24, 2.45) is 0 Å². The molecule has 0 heterocycles. The number of hydrogen-bond donors (Lipinski definition) is 0. The van der Waals surface area contributed by atoms with Crippen LogP contribution < -0.4 is 0 Å². The average molecular weight is 192 g/mol. The largest absolute Gasteiger partial charge is 0.303 e. The van der Waals surface area contributed by atoms with Crippen molar-refractivity contribution in [3.05, 3.63) is 34.9 Å². The third-order valence-electron chi connectivity index (χ3n) is 1.50. The summed E-state index contributed by atoms with van der Waals surface area (Å²) in [6.45, 7) is 0. The van der Waals surface area contributed by atoms with Gasteiger partial charge in [-0.2, -0.15) is 0 Å². The molecule has 13 heavy (non-hydrogen) atoms. The first-order valence-electron chi connectivity index (χ1n) is 3.33. The maximum absolute atomic E-state index is 12.7. The number of halogens is 4. The number of rotatable bonds is 2. The summed E-state index contributed by atoms with van der Waals surface area (Å²) in [4.78, 5) is 9.93. The molecule has 0 N–H and O–H groups in total. The van der Waals surface area contributed by atoms with E-state index in [1.165, 1.54) is 0 Å². The van der Waals surface area contributed by atoms with Gasteiger partial charge in [-0.3, -0.25) is 0 Å². The first-order chi connectivity index (χ1) is 6.07. The highest BCUT2D eigenvalue weighted by molar-refractivity contribution is 5.55. The first-order valence-corrected chi connectivity index (χ1v) is 3.33. The van der Waals surface area contributed by atoms with E-state index in [-0.39, 0.29) is 12.4 Å². The molecule has 5 heteroatoms. The standard InChI is InChI=1S/C8H4F4O/c9-5-3-6(10)8(12)7(11)4(5)1-2-13/h2-3H,1H2. The van der Waals surface area contributed by atoms with Crippen LogP contribution in [0, 0.1) is 23.3 Å². The Morgan fingerprint density at radius 1 is 1.08 bits per heavy atom. The van der Waals surface area contributed by atoms with Gasteiger partial charge in [0.2, 0.25) is 0 Å². The van der Waals surface area contributed by atoms with Crippen molar-refractivity contribution in [2.45, 2.75) is 6.42 Å². The summed E-state index contributed by atoms with van der Waals surface area (Å²) in [7, 11) is 0. The normalized spacial score (nSPS) is 10.2. The molecule has 0 spiro atoms. The van der Waals surface area contributed by atoms with Crippen molar-refractivity contribution in [1.29, 1.82) is 0 Å². The molecule has 1 aromatic carbocycles. The van der Waals surface area contributed by atoms with Gasteiger partial charge in [-0.15, -0.1) is 0 Å². The van der Waals surface area contributed by atoms with E-state index in [1.54, 1.807) is 0 Å². The van der Waals surface area contributed by atoms with E-state index in [2.05, 4.69) is 0 Å². The molecule has 0 aliphatic heterocycles. The summed E-state index contributed by atoms with van der Waals surface area (Å²) in [5.74, 6) is -6.28. The molecule has 70 valence electrons. The molecule has 0 atom stereocenters. The molecular weight excluding hydrogens is 188 g/mol. The highest BCUT2D eigenvalue weighted by Gasteiger charge is 2.17. The number of aldehydes is 1. The Hall–Kier alpha value is -1.39. The summed E-state index contributed by atoms with van der Waals surface area (Å²) in [5.41, 5.74) is -0.756. The van der Waals surface area contributed by atoms with Crippen LogP contribution >= 0.6 is 0 Å². The Bertz CT molecular complexity index is 348. The lowest BCUT2D eigenvalue weighted by Crippen LogP contribution is -2.02. The first kappa shape index (κ1) is 9.70. The van der Waals surface area contributed by atoms with Crippen molar-refractivity contribution >= 4 is 6.29 Å². The van der Waals surface area contributed by atoms with Gasteiger partial charge in [0.05, 0.1) is 0 Å². The Balaban J connectivity index is 3.34. The summed E-state index contributed by atoms with van der Waals surface area (Å²) in [6.07, 6.45) is -0.409. The molecule has 0 aliphatic rings. The summed E-state index contributed by atoms with van der Waals surface area (Å²) in [5, 5.41) is 0. The molecule has 1 nitrogen and oxygen atoms in total. The van der Waals surface area contributed by atoms with Crippen LogP contribution in [0.1, 0.15) is 5.56 Å². The number of hydrogen-bond acceptors (Lipinski definition) is 1. The zero-order valence-electron chi connectivity index (χ0n) is 6.28. The molecule has 0 aliphatic carbocycles. The fourth-order valence-corrected chi connectivity index (χ4v) is 0.874. The molecule has 0 fully saturated rings. The Kier molecular flexibility index (Phi) is 2.65. The second-order valence-corrected chi connectivity index (χ2v) is 2.32. The zero-order chi connectivity index (χ0) is 10.0. The summed E-state index contributed by atoms with van der Waals surface area (Å²) >= 11 is 0. The maximum Gasteiger partial charge on any atom is 0.194 e. The molecule has 1 aromatic rings. The fraction of sp³-hybridized carbons (Fsp3) is 0.125. The molecule has 0 amide bonds. The van der Waals surface area contributed by atoms with Crippen LogP contribution in [0.5, 0.6) is 0 Å². The van der Waals surface area contributed by atoms with Crippen molar-refractivity contribution in [2.75, 3.05) is 0 Å². The van der Waals surface area contributed by atoms with Crippen molar-refractivity contribution in [3.8, 4) is 0 Å². The van der Waals surface area contributed by atoms with E-state index in [4.69, 9.17) is 0 Å². The van der Waals surface area contributed by atoms with Crippen molar-refractivity contribution < 1.29 is 22.4 Å². The van der Waals surface area contributed by atoms with Gasteiger partial charge in [0.15, 0.2) is 17.5 Å². The Labute approximate surface area is 71.0 Å². The van der Waals surface area contributed by atoms with Gasteiger partial charge in [0.1, 0.15) is 12.1 Å². The monoisotopic (exact) mass is 192 g/mol. The number of carbonyl (C=O) groups excluding carboxylic acids is 1. The minimum absolute atomic E-state index is 0.206. The minimum atomic E-state index is -1.77. The topological polar surface area (TPSA) is 17.1 Å². The van der Waals surface area contributed by atoms with Crippen LogP contribution in [0.15, 0.2) is 6.07 Å². The third kappa shape index (κ3) is 1.68. The third-order valence-corrected chi connectivity index (χ3v) is 1.50. The van der Waals surface area contributed by atoms with Gasteiger partial charge in [-0.1, -0.05) is 0 Å². The zero-order valence-corrected chi connectivity index (χ0v) is 6.28. The van der Waals surface area contributed by atoms with Crippen LogP contribution in [0.25, 0.3) is 0 Å². The lowest BCUT2D eigenvalue weighted by atomic mass is 10.1. The number of carbonyl (C=O) groups is 1. The SMILES string of the molecule is O=CCc1c(F)cc(F)c(F)c1F. The van der Waals surface area contributed by atoms with Gasteiger partial charge < -0.3 is 4.79 Å². The molecule has 0 aromatic heterocycles. The molecule has 0 saturated heterocycles. The van der Waals surface area contributed by atoms with Crippen LogP contribution in [0.3, 0.4) is 0 Å². The fourth-order valence-electron chi connectivity index (χ4n) is 0.874. The smallest absolute Gasteiger partial charge is 0.194 e. The van der Waals surface area contributed by atoms with Gasteiger partial charge in [-0.25, -0.2) is 17.6 Å². The van der Waals surface area contributed by atoms with E-state index in [1.807, 2.05) is 0 Å². The molecule has 0 radical (unpaired) electrons. The van der Waals surface area contributed by atoms with Crippen molar-refractivity contribution in [1.82, 2.24) is 0 Å². The highest BCUT2D eigenvalue weighted by Crippen LogP contribution is 2.18. The van der Waals surface area contributed by atoms with E-state index in [0.717, 1.165) is 0 Å². The van der Waals surface area contributed by atoms with Gasteiger partial charge >= 0.3 is 0 Å². The predicted molar refractivity (Wildman–Crippen MR) is 36.0 cm³/mol. The summed E-state index contributed by atoms with van der Waals surface area (Å²) in [6, 6.07) is 0.206. The van der Waals surface area contributed by atoms with Crippen LogP contribution in [-0.4, -0.2) is 6.29 Å². The highest BCUT2D eigenvalue weighted by atomic mass is 19.2.